The molecule has 2 heterocycles. The summed E-state index contributed by atoms with van der Waals surface area (Å²) in [6.07, 6.45) is 3.46. The van der Waals surface area contributed by atoms with Crippen LogP contribution < -0.4 is 10.6 Å². The van der Waals surface area contributed by atoms with E-state index in [9.17, 15) is 0 Å². The summed E-state index contributed by atoms with van der Waals surface area (Å²) in [4.78, 5) is 4.27. The summed E-state index contributed by atoms with van der Waals surface area (Å²) < 4.78 is 2.23. The zero-order chi connectivity index (χ0) is 16.1. The SMILES string of the molecule is CN=C(NCc1cccc(C)c1)NCc1nnc2n1CCCC2.I. The predicted molar refractivity (Wildman–Crippen MR) is 107 cm³/mol. The molecule has 6 nitrogen and oxygen atoms in total. The Morgan fingerprint density at radius 2 is 2.04 bits per heavy atom. The molecule has 0 amide bonds. The lowest BCUT2D eigenvalue weighted by atomic mass is 10.1. The van der Waals surface area contributed by atoms with E-state index in [4.69, 9.17) is 0 Å². The Hall–Kier alpha value is -1.64. The third-order valence-electron chi connectivity index (χ3n) is 4.12. The highest BCUT2D eigenvalue weighted by molar-refractivity contribution is 14.0. The van der Waals surface area contributed by atoms with Gasteiger partial charge in [-0.2, -0.15) is 0 Å². The molecular formula is C17H25IN6. The van der Waals surface area contributed by atoms with E-state index in [1.54, 1.807) is 7.05 Å². The smallest absolute Gasteiger partial charge is 0.191 e. The number of nitrogens with one attached hydrogen (secondary N) is 2. The Morgan fingerprint density at radius 3 is 2.83 bits per heavy atom. The highest BCUT2D eigenvalue weighted by Crippen LogP contribution is 2.13. The predicted octanol–water partition coefficient (Wildman–Crippen LogP) is 2.41. The Balaban J connectivity index is 0.00000208. The second-order valence-corrected chi connectivity index (χ2v) is 5.91. The van der Waals surface area contributed by atoms with Crippen LogP contribution in [0.15, 0.2) is 29.3 Å². The molecule has 0 saturated carbocycles. The van der Waals surface area contributed by atoms with Crippen LogP contribution in [0.3, 0.4) is 0 Å². The van der Waals surface area contributed by atoms with E-state index in [1.807, 2.05) is 0 Å². The van der Waals surface area contributed by atoms with Crippen molar-refractivity contribution in [2.24, 2.45) is 4.99 Å². The van der Waals surface area contributed by atoms with Crippen LogP contribution in [0.25, 0.3) is 0 Å². The molecule has 0 bridgehead atoms. The van der Waals surface area contributed by atoms with E-state index >= 15 is 0 Å². The van der Waals surface area contributed by atoms with E-state index < -0.39 is 0 Å². The first-order valence-corrected chi connectivity index (χ1v) is 8.17. The summed E-state index contributed by atoms with van der Waals surface area (Å²) in [5.41, 5.74) is 2.51. The number of hydrogen-bond acceptors (Lipinski definition) is 3. The van der Waals surface area contributed by atoms with Gasteiger partial charge in [-0.05, 0) is 25.3 Å². The zero-order valence-corrected chi connectivity index (χ0v) is 16.6. The second-order valence-electron chi connectivity index (χ2n) is 5.91. The molecule has 0 aliphatic carbocycles. The fourth-order valence-electron chi connectivity index (χ4n) is 2.89. The molecule has 1 aromatic heterocycles. The second kappa shape index (κ2) is 9.00. The molecule has 0 spiro atoms. The van der Waals surface area contributed by atoms with Crippen LogP contribution in [0.5, 0.6) is 0 Å². The van der Waals surface area contributed by atoms with Crippen molar-refractivity contribution in [1.82, 2.24) is 25.4 Å². The van der Waals surface area contributed by atoms with Crippen LogP contribution in [-0.2, 0) is 26.1 Å². The van der Waals surface area contributed by atoms with Gasteiger partial charge in [-0.1, -0.05) is 29.8 Å². The number of benzene rings is 1. The molecule has 0 fully saturated rings. The molecule has 1 aliphatic heterocycles. The zero-order valence-electron chi connectivity index (χ0n) is 14.2. The van der Waals surface area contributed by atoms with Gasteiger partial charge >= 0.3 is 0 Å². The number of rotatable bonds is 4. The van der Waals surface area contributed by atoms with Crippen molar-refractivity contribution in [2.45, 2.75) is 45.8 Å². The maximum Gasteiger partial charge on any atom is 0.191 e. The Morgan fingerprint density at radius 1 is 1.21 bits per heavy atom. The van der Waals surface area contributed by atoms with Gasteiger partial charge in [0, 0.05) is 26.6 Å². The lowest BCUT2D eigenvalue weighted by Crippen LogP contribution is -2.37. The van der Waals surface area contributed by atoms with Crippen LogP contribution in [0.2, 0.25) is 0 Å². The van der Waals surface area contributed by atoms with Gasteiger partial charge in [-0.3, -0.25) is 4.99 Å². The summed E-state index contributed by atoms with van der Waals surface area (Å²) in [5.74, 6) is 2.87. The van der Waals surface area contributed by atoms with Crippen molar-refractivity contribution in [1.29, 1.82) is 0 Å². The number of halogens is 1. The normalized spacial score (nSPS) is 13.8. The number of hydrogen-bond donors (Lipinski definition) is 2. The number of aryl methyl sites for hydroxylation is 2. The largest absolute Gasteiger partial charge is 0.352 e. The maximum atomic E-state index is 4.30. The molecule has 3 rings (SSSR count). The van der Waals surface area contributed by atoms with E-state index in [-0.39, 0.29) is 24.0 Å². The van der Waals surface area contributed by atoms with Crippen molar-refractivity contribution in [2.75, 3.05) is 7.05 Å². The van der Waals surface area contributed by atoms with Crippen LogP contribution in [0, 0.1) is 6.92 Å². The van der Waals surface area contributed by atoms with Gasteiger partial charge in [0.1, 0.15) is 5.82 Å². The standard InChI is InChI=1S/C17H24N6.HI/c1-13-6-5-7-14(10-13)11-19-17(18-2)20-12-16-22-21-15-8-3-4-9-23(15)16;/h5-7,10H,3-4,8-9,11-12H2,1-2H3,(H2,18,19,20);1H. The molecule has 0 unspecified atom stereocenters. The first-order chi connectivity index (χ1) is 11.3. The molecule has 0 atom stereocenters. The average Bonchev–Trinajstić information content (AvgIpc) is 2.98. The fraction of sp³-hybridized carbons (Fsp3) is 0.471. The minimum Gasteiger partial charge on any atom is -0.352 e. The molecule has 2 aromatic rings. The minimum atomic E-state index is 0. The van der Waals surface area contributed by atoms with Gasteiger partial charge in [-0.15, -0.1) is 34.2 Å². The monoisotopic (exact) mass is 440 g/mol. The van der Waals surface area contributed by atoms with Crippen LogP contribution >= 0.6 is 24.0 Å². The molecule has 0 radical (unpaired) electrons. The minimum absolute atomic E-state index is 0. The average molecular weight is 440 g/mol. The molecule has 0 saturated heterocycles. The van der Waals surface area contributed by atoms with E-state index in [0.717, 1.165) is 37.1 Å². The lowest BCUT2D eigenvalue weighted by molar-refractivity contribution is 0.504. The third-order valence-corrected chi connectivity index (χ3v) is 4.12. The molecule has 7 heteroatoms. The van der Waals surface area contributed by atoms with Gasteiger partial charge in [0.25, 0.3) is 0 Å². The first kappa shape index (κ1) is 18.7. The quantitative estimate of drug-likeness (QED) is 0.436. The van der Waals surface area contributed by atoms with Gasteiger partial charge < -0.3 is 15.2 Å². The highest BCUT2D eigenvalue weighted by atomic mass is 127. The van der Waals surface area contributed by atoms with Gasteiger partial charge in [0.2, 0.25) is 0 Å². The molecule has 130 valence electrons. The number of fused-ring (bicyclic) bond motifs is 1. The van der Waals surface area contributed by atoms with Crippen LogP contribution in [-0.4, -0.2) is 27.8 Å². The Bertz CT molecular complexity index is 694. The maximum absolute atomic E-state index is 4.30. The number of nitrogens with zero attached hydrogens (tertiary/aromatic N) is 4. The lowest BCUT2D eigenvalue weighted by Gasteiger charge is -2.16. The number of guanidine groups is 1. The highest BCUT2D eigenvalue weighted by Gasteiger charge is 2.15. The Kier molecular flexibility index (Phi) is 7.01. The van der Waals surface area contributed by atoms with Crippen LogP contribution in [0.4, 0.5) is 0 Å². The van der Waals surface area contributed by atoms with E-state index in [1.165, 1.54) is 24.0 Å². The number of aromatic nitrogens is 3. The first-order valence-electron chi connectivity index (χ1n) is 8.17. The summed E-state index contributed by atoms with van der Waals surface area (Å²) >= 11 is 0. The molecule has 1 aliphatic rings. The van der Waals surface area contributed by atoms with Crippen LogP contribution in [0.1, 0.15) is 35.6 Å². The van der Waals surface area contributed by atoms with Crippen molar-refractivity contribution in [3.8, 4) is 0 Å². The van der Waals surface area contributed by atoms with Crippen molar-refractivity contribution in [3.63, 3.8) is 0 Å². The molecule has 24 heavy (non-hydrogen) atoms. The molecule has 2 N–H and O–H groups in total. The fourth-order valence-corrected chi connectivity index (χ4v) is 2.89. The van der Waals surface area contributed by atoms with Gasteiger partial charge in [-0.25, -0.2) is 0 Å². The van der Waals surface area contributed by atoms with Gasteiger partial charge in [0.15, 0.2) is 11.8 Å². The number of aliphatic imine (C=N–C) groups is 1. The van der Waals surface area contributed by atoms with E-state index in [0.29, 0.717) is 6.54 Å². The molecular weight excluding hydrogens is 415 g/mol. The summed E-state index contributed by atoms with van der Waals surface area (Å²) in [7, 11) is 1.78. The molecule has 1 aromatic carbocycles. The van der Waals surface area contributed by atoms with Gasteiger partial charge in [0.05, 0.1) is 6.54 Å². The summed E-state index contributed by atoms with van der Waals surface area (Å²) in [5, 5.41) is 15.2. The van der Waals surface area contributed by atoms with Crippen molar-refractivity contribution in [3.05, 3.63) is 47.0 Å². The topological polar surface area (TPSA) is 67.1 Å². The van der Waals surface area contributed by atoms with E-state index in [2.05, 4.69) is 61.6 Å². The third kappa shape index (κ3) is 4.68. The van der Waals surface area contributed by atoms with Crippen molar-refractivity contribution < 1.29 is 0 Å². The summed E-state index contributed by atoms with van der Waals surface area (Å²) in [6.45, 7) is 4.51. The Labute approximate surface area is 160 Å². The van der Waals surface area contributed by atoms with Crippen molar-refractivity contribution >= 4 is 29.9 Å². The summed E-state index contributed by atoms with van der Waals surface area (Å²) in [6, 6.07) is 8.47.